The van der Waals surface area contributed by atoms with E-state index >= 15 is 0 Å². The van der Waals surface area contributed by atoms with Crippen molar-refractivity contribution in [1.29, 1.82) is 0 Å². The highest BCUT2D eigenvalue weighted by molar-refractivity contribution is 5.89. The minimum atomic E-state index is -0.292. The van der Waals surface area contributed by atoms with Gasteiger partial charge in [-0.1, -0.05) is 30.3 Å². The Hall–Kier alpha value is -2.37. The molecule has 24 heavy (non-hydrogen) atoms. The van der Waals surface area contributed by atoms with E-state index in [9.17, 15) is 14.4 Å². The van der Waals surface area contributed by atoms with Crippen LogP contribution in [0.1, 0.15) is 25.8 Å². The second-order valence-corrected chi connectivity index (χ2v) is 6.34. The van der Waals surface area contributed by atoms with Crippen molar-refractivity contribution in [2.45, 2.75) is 32.7 Å². The van der Waals surface area contributed by atoms with Crippen LogP contribution in [-0.4, -0.2) is 48.3 Å². The quantitative estimate of drug-likeness (QED) is 0.723. The van der Waals surface area contributed by atoms with Gasteiger partial charge in [0, 0.05) is 32.1 Å². The van der Waals surface area contributed by atoms with Crippen molar-refractivity contribution >= 4 is 17.7 Å². The zero-order chi connectivity index (χ0) is 17.5. The molecule has 6 heteroatoms. The molecule has 1 fully saturated rings. The van der Waals surface area contributed by atoms with Gasteiger partial charge in [-0.25, -0.2) is 0 Å². The Morgan fingerprint density at radius 3 is 2.46 bits per heavy atom. The third-order valence-corrected chi connectivity index (χ3v) is 4.11. The maximum absolute atomic E-state index is 12.1. The second kappa shape index (κ2) is 8.47. The highest BCUT2D eigenvalue weighted by Gasteiger charge is 2.35. The van der Waals surface area contributed by atoms with Gasteiger partial charge in [-0.3, -0.25) is 14.4 Å². The molecule has 1 aromatic carbocycles. The molecule has 1 atom stereocenters. The topological polar surface area (TPSA) is 78.5 Å². The Bertz CT molecular complexity index is 586. The Kier molecular flexibility index (Phi) is 6.35. The number of amides is 3. The number of carbonyl (C=O) groups excluding carboxylic acids is 3. The normalized spacial score (nSPS) is 17.2. The lowest BCUT2D eigenvalue weighted by Crippen LogP contribution is -2.39. The molecule has 1 aliphatic rings. The summed E-state index contributed by atoms with van der Waals surface area (Å²) in [5, 5.41) is 5.57. The van der Waals surface area contributed by atoms with Crippen LogP contribution in [0.4, 0.5) is 0 Å². The first kappa shape index (κ1) is 18.0. The first-order valence-electron chi connectivity index (χ1n) is 8.35. The average Bonchev–Trinajstić information content (AvgIpc) is 2.94. The lowest BCUT2D eigenvalue weighted by atomic mass is 10.1. The van der Waals surface area contributed by atoms with Crippen molar-refractivity contribution in [2.75, 3.05) is 19.6 Å². The Balaban J connectivity index is 1.64. The van der Waals surface area contributed by atoms with Gasteiger partial charge in [0.15, 0.2) is 0 Å². The van der Waals surface area contributed by atoms with E-state index in [4.69, 9.17) is 0 Å². The summed E-state index contributed by atoms with van der Waals surface area (Å²) in [6.07, 6.45) is 0.597. The Labute approximate surface area is 142 Å². The van der Waals surface area contributed by atoms with Gasteiger partial charge in [-0.2, -0.15) is 0 Å². The molecule has 0 unspecified atom stereocenters. The number of nitrogens with one attached hydrogen (secondary N) is 2. The van der Waals surface area contributed by atoms with E-state index < -0.39 is 0 Å². The molecule has 2 N–H and O–H groups in total. The van der Waals surface area contributed by atoms with Crippen molar-refractivity contribution < 1.29 is 14.4 Å². The minimum Gasteiger partial charge on any atom is -0.354 e. The molecule has 3 amide bonds. The van der Waals surface area contributed by atoms with Gasteiger partial charge >= 0.3 is 0 Å². The van der Waals surface area contributed by atoms with Crippen LogP contribution in [0, 0.1) is 5.92 Å². The third kappa shape index (κ3) is 5.08. The fourth-order valence-electron chi connectivity index (χ4n) is 2.78. The molecule has 130 valence electrons. The molecule has 1 aromatic rings. The van der Waals surface area contributed by atoms with E-state index in [1.807, 2.05) is 44.2 Å². The summed E-state index contributed by atoms with van der Waals surface area (Å²) >= 11 is 0. The molecule has 0 saturated carbocycles. The van der Waals surface area contributed by atoms with Gasteiger partial charge in [0.25, 0.3) is 0 Å². The number of hydrogen-bond acceptors (Lipinski definition) is 3. The molecule has 0 aromatic heterocycles. The van der Waals surface area contributed by atoms with Gasteiger partial charge < -0.3 is 15.5 Å². The van der Waals surface area contributed by atoms with Crippen LogP contribution in [0.15, 0.2) is 30.3 Å². The van der Waals surface area contributed by atoms with Crippen molar-refractivity contribution in [3.63, 3.8) is 0 Å². The van der Waals surface area contributed by atoms with Gasteiger partial charge in [0.1, 0.15) is 0 Å². The standard InChI is InChI=1S/C18H25N3O3/c1-13(2)21-12-15(11-17(21)23)18(24)20-9-8-19-16(22)10-14-6-4-3-5-7-14/h3-7,13,15H,8-12H2,1-2H3,(H,19,22)(H,20,24)/t15-/m1/s1. The SMILES string of the molecule is CC(C)N1C[C@H](C(=O)NCCNC(=O)Cc2ccccc2)CC1=O. The minimum absolute atomic E-state index is 0.0290. The highest BCUT2D eigenvalue weighted by atomic mass is 16.2. The van der Waals surface area contributed by atoms with E-state index in [2.05, 4.69) is 10.6 Å². The molecule has 6 nitrogen and oxygen atoms in total. The van der Waals surface area contributed by atoms with Crippen molar-refractivity contribution in [1.82, 2.24) is 15.5 Å². The number of carbonyl (C=O) groups is 3. The summed E-state index contributed by atoms with van der Waals surface area (Å²) in [6, 6.07) is 9.62. The van der Waals surface area contributed by atoms with Crippen LogP contribution in [0.3, 0.4) is 0 Å². The number of hydrogen-bond donors (Lipinski definition) is 2. The zero-order valence-corrected chi connectivity index (χ0v) is 14.2. The summed E-state index contributed by atoms with van der Waals surface area (Å²) in [6.45, 7) is 5.11. The van der Waals surface area contributed by atoms with E-state index in [-0.39, 0.29) is 36.1 Å². The monoisotopic (exact) mass is 331 g/mol. The van der Waals surface area contributed by atoms with Crippen LogP contribution in [0.25, 0.3) is 0 Å². The van der Waals surface area contributed by atoms with Crippen molar-refractivity contribution in [3.05, 3.63) is 35.9 Å². The molecule has 1 heterocycles. The molecule has 2 rings (SSSR count). The van der Waals surface area contributed by atoms with Gasteiger partial charge in [-0.05, 0) is 19.4 Å². The number of nitrogens with zero attached hydrogens (tertiary/aromatic N) is 1. The van der Waals surface area contributed by atoms with Gasteiger partial charge in [0.2, 0.25) is 17.7 Å². The maximum atomic E-state index is 12.1. The summed E-state index contributed by atoms with van der Waals surface area (Å²) in [4.78, 5) is 37.4. The zero-order valence-electron chi connectivity index (χ0n) is 14.2. The predicted octanol–water partition coefficient (Wildman–Crippen LogP) is 0.718. The smallest absolute Gasteiger partial charge is 0.225 e. The van der Waals surface area contributed by atoms with E-state index in [0.29, 0.717) is 26.1 Å². The van der Waals surface area contributed by atoms with Gasteiger partial charge in [-0.15, -0.1) is 0 Å². The largest absolute Gasteiger partial charge is 0.354 e. The fourth-order valence-corrected chi connectivity index (χ4v) is 2.78. The van der Waals surface area contributed by atoms with Crippen LogP contribution >= 0.6 is 0 Å². The molecule has 0 spiro atoms. The Morgan fingerprint density at radius 1 is 1.17 bits per heavy atom. The second-order valence-electron chi connectivity index (χ2n) is 6.34. The van der Waals surface area contributed by atoms with Crippen LogP contribution in [-0.2, 0) is 20.8 Å². The van der Waals surface area contributed by atoms with Crippen LogP contribution in [0.2, 0.25) is 0 Å². The fraction of sp³-hybridized carbons (Fsp3) is 0.500. The van der Waals surface area contributed by atoms with Crippen molar-refractivity contribution in [2.24, 2.45) is 5.92 Å². The number of rotatable bonds is 7. The first-order valence-corrected chi connectivity index (χ1v) is 8.35. The van der Waals surface area contributed by atoms with Gasteiger partial charge in [0.05, 0.1) is 12.3 Å². The number of benzene rings is 1. The lowest BCUT2D eigenvalue weighted by Gasteiger charge is -2.20. The highest BCUT2D eigenvalue weighted by Crippen LogP contribution is 2.19. The molecular formula is C18H25N3O3. The van der Waals surface area contributed by atoms with E-state index in [1.165, 1.54) is 0 Å². The van der Waals surface area contributed by atoms with E-state index in [0.717, 1.165) is 5.56 Å². The number of likely N-dealkylation sites (tertiary alicyclic amines) is 1. The molecule has 0 aliphatic carbocycles. The molecular weight excluding hydrogens is 306 g/mol. The maximum Gasteiger partial charge on any atom is 0.225 e. The lowest BCUT2D eigenvalue weighted by molar-refractivity contribution is -0.129. The average molecular weight is 331 g/mol. The summed E-state index contributed by atoms with van der Waals surface area (Å²) in [5.74, 6) is -0.456. The molecule has 1 saturated heterocycles. The molecule has 0 radical (unpaired) electrons. The molecule has 0 bridgehead atoms. The Morgan fingerprint density at radius 2 is 1.83 bits per heavy atom. The van der Waals surface area contributed by atoms with Crippen LogP contribution < -0.4 is 10.6 Å². The van der Waals surface area contributed by atoms with Crippen molar-refractivity contribution in [3.8, 4) is 0 Å². The first-order chi connectivity index (χ1) is 11.5. The predicted molar refractivity (Wildman–Crippen MR) is 91.1 cm³/mol. The van der Waals surface area contributed by atoms with E-state index in [1.54, 1.807) is 4.90 Å². The molecule has 1 aliphatic heterocycles. The summed E-state index contributed by atoms with van der Waals surface area (Å²) in [5.41, 5.74) is 0.956. The summed E-state index contributed by atoms with van der Waals surface area (Å²) in [7, 11) is 0. The third-order valence-electron chi connectivity index (χ3n) is 4.11. The van der Waals surface area contributed by atoms with Crippen LogP contribution in [0.5, 0.6) is 0 Å². The summed E-state index contributed by atoms with van der Waals surface area (Å²) < 4.78 is 0.